The molecule has 1 atom stereocenters. The molecule has 0 bridgehead atoms. The fourth-order valence-electron chi connectivity index (χ4n) is 2.79. The second kappa shape index (κ2) is 6.42. The summed E-state index contributed by atoms with van der Waals surface area (Å²) in [6, 6.07) is 5.87. The van der Waals surface area contributed by atoms with Crippen molar-refractivity contribution in [3.8, 4) is 0 Å². The fraction of sp³-hybridized carbons (Fsp3) is 0.600. The van der Waals surface area contributed by atoms with Crippen LogP contribution in [0.25, 0.3) is 0 Å². The minimum atomic E-state index is -0.131. The summed E-state index contributed by atoms with van der Waals surface area (Å²) in [5.74, 6) is 0.238. The average Bonchev–Trinajstić information content (AvgIpc) is 2.63. The van der Waals surface area contributed by atoms with Crippen molar-refractivity contribution in [1.82, 2.24) is 0 Å². The van der Waals surface area contributed by atoms with Crippen LogP contribution in [0.5, 0.6) is 0 Å². The monoisotopic (exact) mass is 269 g/mol. The molecular weight excluding hydrogens is 249 g/mol. The number of alkyl halides is 1. The van der Waals surface area contributed by atoms with Gasteiger partial charge in [-0.25, -0.2) is 4.39 Å². The normalized spacial score (nSPS) is 20.8. The van der Waals surface area contributed by atoms with E-state index < -0.39 is 0 Å². The van der Waals surface area contributed by atoms with Crippen LogP contribution in [-0.4, -0.2) is 12.6 Å². The molecule has 2 rings (SSSR count). The summed E-state index contributed by atoms with van der Waals surface area (Å²) in [7, 11) is 0. The molecule has 0 spiro atoms. The van der Waals surface area contributed by atoms with Gasteiger partial charge in [-0.2, -0.15) is 0 Å². The fourth-order valence-corrected chi connectivity index (χ4v) is 2.95. The minimum absolute atomic E-state index is 0.131. The Bertz CT molecular complexity index is 394. The summed E-state index contributed by atoms with van der Waals surface area (Å²) in [6.07, 6.45) is 5.93. The summed E-state index contributed by atoms with van der Waals surface area (Å²) in [4.78, 5) is 2.25. The van der Waals surface area contributed by atoms with E-state index in [0.29, 0.717) is 11.9 Å². The van der Waals surface area contributed by atoms with E-state index in [1.807, 2.05) is 12.1 Å². The third-order valence-corrected chi connectivity index (χ3v) is 4.13. The molecule has 0 radical (unpaired) electrons. The van der Waals surface area contributed by atoms with Crippen molar-refractivity contribution in [1.29, 1.82) is 0 Å². The number of anilines is 1. The highest BCUT2D eigenvalue weighted by Gasteiger charge is 2.22. The smallest absolute Gasteiger partial charge is 0.146 e. The van der Waals surface area contributed by atoms with Gasteiger partial charge in [0.05, 0.1) is 5.69 Å². The molecule has 0 amide bonds. The zero-order valence-corrected chi connectivity index (χ0v) is 11.7. The van der Waals surface area contributed by atoms with Crippen molar-refractivity contribution in [3.63, 3.8) is 0 Å². The minimum Gasteiger partial charge on any atom is -0.366 e. The lowest BCUT2D eigenvalue weighted by Crippen LogP contribution is -2.35. The first-order chi connectivity index (χ1) is 8.76. The summed E-state index contributed by atoms with van der Waals surface area (Å²) in [5, 5.41) is 0. The van der Waals surface area contributed by atoms with Gasteiger partial charge in [0.15, 0.2) is 0 Å². The zero-order chi connectivity index (χ0) is 13.0. The van der Waals surface area contributed by atoms with Gasteiger partial charge in [0.2, 0.25) is 0 Å². The van der Waals surface area contributed by atoms with Gasteiger partial charge >= 0.3 is 0 Å². The van der Waals surface area contributed by atoms with Gasteiger partial charge in [-0.15, -0.1) is 11.6 Å². The second-order valence-electron chi connectivity index (χ2n) is 5.02. The lowest BCUT2D eigenvalue weighted by molar-refractivity contribution is 0.539. The number of hydrogen-bond acceptors (Lipinski definition) is 1. The number of hydrogen-bond donors (Lipinski definition) is 0. The molecule has 3 heteroatoms. The maximum absolute atomic E-state index is 14.2. The Morgan fingerprint density at radius 2 is 2.17 bits per heavy atom. The first-order valence-electron chi connectivity index (χ1n) is 6.87. The Morgan fingerprint density at radius 1 is 1.33 bits per heavy atom. The van der Waals surface area contributed by atoms with Crippen LogP contribution in [-0.2, 0) is 5.88 Å². The highest BCUT2D eigenvalue weighted by molar-refractivity contribution is 6.17. The Kier molecular flexibility index (Phi) is 4.87. The van der Waals surface area contributed by atoms with Crippen molar-refractivity contribution in [3.05, 3.63) is 29.6 Å². The van der Waals surface area contributed by atoms with E-state index in [4.69, 9.17) is 11.6 Å². The summed E-state index contributed by atoms with van der Waals surface area (Å²) in [5.41, 5.74) is 1.60. The van der Waals surface area contributed by atoms with Crippen molar-refractivity contribution < 1.29 is 4.39 Å². The van der Waals surface area contributed by atoms with Crippen molar-refractivity contribution in [2.75, 3.05) is 11.4 Å². The van der Waals surface area contributed by atoms with Crippen molar-refractivity contribution in [2.24, 2.45) is 0 Å². The van der Waals surface area contributed by atoms with Crippen LogP contribution in [0.4, 0.5) is 10.1 Å². The van der Waals surface area contributed by atoms with Gasteiger partial charge in [-0.3, -0.25) is 0 Å². The Labute approximate surface area is 114 Å². The van der Waals surface area contributed by atoms with E-state index in [0.717, 1.165) is 30.6 Å². The van der Waals surface area contributed by atoms with Gasteiger partial charge in [0, 0.05) is 18.5 Å². The van der Waals surface area contributed by atoms with E-state index in [1.54, 1.807) is 6.07 Å². The molecule has 1 aliphatic rings. The quantitative estimate of drug-likeness (QED) is 0.718. The number of benzene rings is 1. The first kappa shape index (κ1) is 13.7. The Hall–Kier alpha value is -0.760. The molecule has 1 aromatic carbocycles. The summed E-state index contributed by atoms with van der Waals surface area (Å²) >= 11 is 5.74. The maximum atomic E-state index is 14.2. The molecule has 1 heterocycles. The van der Waals surface area contributed by atoms with E-state index in [2.05, 4.69) is 11.8 Å². The molecule has 18 heavy (non-hydrogen) atoms. The van der Waals surface area contributed by atoms with Crippen LogP contribution in [0.2, 0.25) is 0 Å². The van der Waals surface area contributed by atoms with Gasteiger partial charge in [-0.1, -0.05) is 25.8 Å². The zero-order valence-electron chi connectivity index (χ0n) is 11.0. The molecule has 0 N–H and O–H groups in total. The largest absolute Gasteiger partial charge is 0.366 e. The van der Waals surface area contributed by atoms with E-state index in [1.165, 1.54) is 19.3 Å². The van der Waals surface area contributed by atoms with E-state index in [-0.39, 0.29) is 5.82 Å². The highest BCUT2D eigenvalue weighted by atomic mass is 35.5. The molecule has 0 aliphatic carbocycles. The van der Waals surface area contributed by atoms with Crippen LogP contribution in [0.15, 0.2) is 18.2 Å². The van der Waals surface area contributed by atoms with Crippen LogP contribution in [0.1, 0.15) is 44.6 Å². The standard InChI is InChI=1S/C15H21ClFN/c1-2-13-6-4-3-5-9-18(13)15-8-7-12(11-16)10-14(15)17/h7-8,10,13H,2-6,9,11H2,1H3. The molecule has 1 saturated heterocycles. The SMILES string of the molecule is CCC1CCCCCN1c1ccc(CCl)cc1F. The molecule has 0 aromatic heterocycles. The van der Waals surface area contributed by atoms with Gasteiger partial charge < -0.3 is 4.90 Å². The van der Waals surface area contributed by atoms with E-state index in [9.17, 15) is 4.39 Å². The van der Waals surface area contributed by atoms with Crippen molar-refractivity contribution in [2.45, 2.75) is 50.9 Å². The molecule has 0 saturated carbocycles. The molecule has 100 valence electrons. The first-order valence-corrected chi connectivity index (χ1v) is 7.40. The van der Waals surface area contributed by atoms with Crippen LogP contribution in [0.3, 0.4) is 0 Å². The molecular formula is C15H21ClFN. The van der Waals surface area contributed by atoms with E-state index >= 15 is 0 Å². The van der Waals surface area contributed by atoms with Gasteiger partial charge in [0.1, 0.15) is 5.82 Å². The van der Waals surface area contributed by atoms with Crippen LogP contribution >= 0.6 is 11.6 Å². The average molecular weight is 270 g/mol. The topological polar surface area (TPSA) is 3.24 Å². The lowest BCUT2D eigenvalue weighted by atomic mass is 10.1. The maximum Gasteiger partial charge on any atom is 0.146 e. The third-order valence-electron chi connectivity index (χ3n) is 3.82. The predicted molar refractivity (Wildman–Crippen MR) is 75.9 cm³/mol. The number of halogens is 2. The van der Waals surface area contributed by atoms with Crippen LogP contribution in [0, 0.1) is 5.82 Å². The molecule has 1 aliphatic heterocycles. The third kappa shape index (κ3) is 2.97. The summed E-state index contributed by atoms with van der Waals surface area (Å²) < 4.78 is 14.2. The second-order valence-corrected chi connectivity index (χ2v) is 5.29. The number of nitrogens with zero attached hydrogens (tertiary/aromatic N) is 1. The molecule has 1 nitrogen and oxygen atoms in total. The summed E-state index contributed by atoms with van der Waals surface area (Å²) in [6.45, 7) is 3.16. The van der Waals surface area contributed by atoms with Crippen LogP contribution < -0.4 is 4.90 Å². The van der Waals surface area contributed by atoms with Gasteiger partial charge in [-0.05, 0) is 37.0 Å². The predicted octanol–water partition coefficient (Wildman–Crippen LogP) is 4.72. The lowest BCUT2D eigenvalue weighted by Gasteiger charge is -2.31. The molecule has 1 unspecified atom stereocenters. The highest BCUT2D eigenvalue weighted by Crippen LogP contribution is 2.28. The Balaban J connectivity index is 2.27. The number of rotatable bonds is 3. The van der Waals surface area contributed by atoms with Crippen molar-refractivity contribution >= 4 is 17.3 Å². The molecule has 1 aromatic rings. The molecule has 1 fully saturated rings. The Morgan fingerprint density at radius 3 is 2.83 bits per heavy atom. The van der Waals surface area contributed by atoms with Gasteiger partial charge in [0.25, 0.3) is 0 Å².